The summed E-state index contributed by atoms with van der Waals surface area (Å²) in [7, 11) is -3.55. The number of aliphatic hydroxyl groups excluding tert-OH is 1. The average molecular weight is 349 g/mol. The summed E-state index contributed by atoms with van der Waals surface area (Å²) in [6.45, 7) is 3.95. The Hall–Kier alpha value is -1.89. The molecule has 0 aliphatic heterocycles. The van der Waals surface area contributed by atoms with Crippen molar-refractivity contribution in [2.24, 2.45) is 0 Å². The molecule has 0 saturated heterocycles. The van der Waals surface area contributed by atoms with Crippen LogP contribution in [0.5, 0.6) is 5.75 Å². The number of benzene rings is 2. The van der Waals surface area contributed by atoms with E-state index in [1.165, 1.54) is 12.1 Å². The second-order valence-corrected chi connectivity index (χ2v) is 7.46. The van der Waals surface area contributed by atoms with Crippen LogP contribution in [0.2, 0.25) is 0 Å². The standard InChI is InChI=1S/C18H23NO4S/c1-13(15-7-5-4-6-8-15)19-14(2)18(20)16-9-11-17(12-10-16)23-24(3,21)22/h4-14,18-20H,1-3H3/t13-,14+,18+/m1/s1. The summed E-state index contributed by atoms with van der Waals surface area (Å²) in [5.41, 5.74) is 1.84. The van der Waals surface area contributed by atoms with E-state index in [0.717, 1.165) is 11.8 Å². The molecule has 0 fully saturated rings. The molecule has 0 aromatic heterocycles. The summed E-state index contributed by atoms with van der Waals surface area (Å²) in [6.07, 6.45) is 0.274. The highest BCUT2D eigenvalue weighted by Crippen LogP contribution is 2.23. The topological polar surface area (TPSA) is 75.6 Å². The predicted octanol–water partition coefficient (Wildman–Crippen LogP) is 2.80. The molecule has 0 heterocycles. The first-order chi connectivity index (χ1) is 11.3. The largest absolute Gasteiger partial charge is 0.387 e. The third-order valence-electron chi connectivity index (χ3n) is 3.76. The molecule has 2 aromatic carbocycles. The van der Waals surface area contributed by atoms with E-state index in [4.69, 9.17) is 4.18 Å². The van der Waals surface area contributed by atoms with Gasteiger partial charge >= 0.3 is 10.1 Å². The molecule has 0 radical (unpaired) electrons. The summed E-state index contributed by atoms with van der Waals surface area (Å²) >= 11 is 0. The number of nitrogens with one attached hydrogen (secondary N) is 1. The Kier molecular flexibility index (Phi) is 5.99. The molecular formula is C18H23NO4S. The van der Waals surface area contributed by atoms with Crippen LogP contribution in [0.25, 0.3) is 0 Å². The maximum absolute atomic E-state index is 11.1. The van der Waals surface area contributed by atoms with Crippen molar-refractivity contribution in [2.75, 3.05) is 6.26 Å². The Morgan fingerprint density at radius 3 is 2.08 bits per heavy atom. The third kappa shape index (κ3) is 5.33. The minimum absolute atomic E-state index is 0.101. The maximum atomic E-state index is 11.1. The number of aliphatic hydroxyl groups is 1. The van der Waals surface area contributed by atoms with Gasteiger partial charge < -0.3 is 14.6 Å². The molecule has 0 spiro atoms. The van der Waals surface area contributed by atoms with Crippen molar-refractivity contribution in [2.45, 2.75) is 32.0 Å². The monoisotopic (exact) mass is 349 g/mol. The molecule has 130 valence electrons. The molecule has 0 amide bonds. The van der Waals surface area contributed by atoms with Crippen molar-refractivity contribution in [3.8, 4) is 5.75 Å². The van der Waals surface area contributed by atoms with Crippen LogP contribution in [0.4, 0.5) is 0 Å². The molecular weight excluding hydrogens is 326 g/mol. The van der Waals surface area contributed by atoms with Gasteiger partial charge in [0.1, 0.15) is 5.75 Å². The highest BCUT2D eigenvalue weighted by molar-refractivity contribution is 7.86. The summed E-state index contributed by atoms with van der Waals surface area (Å²) < 4.78 is 27.0. The zero-order valence-electron chi connectivity index (χ0n) is 14.0. The van der Waals surface area contributed by atoms with Crippen molar-refractivity contribution in [3.63, 3.8) is 0 Å². The van der Waals surface area contributed by atoms with Crippen LogP contribution >= 0.6 is 0 Å². The molecule has 0 unspecified atom stereocenters. The van der Waals surface area contributed by atoms with Gasteiger partial charge in [0.15, 0.2) is 0 Å². The fourth-order valence-corrected chi connectivity index (χ4v) is 2.97. The van der Waals surface area contributed by atoms with Gasteiger partial charge in [0, 0.05) is 12.1 Å². The summed E-state index contributed by atoms with van der Waals surface area (Å²) in [4.78, 5) is 0. The highest BCUT2D eigenvalue weighted by Gasteiger charge is 2.19. The maximum Gasteiger partial charge on any atom is 0.306 e. The predicted molar refractivity (Wildman–Crippen MR) is 94.3 cm³/mol. The van der Waals surface area contributed by atoms with Gasteiger partial charge in [-0.25, -0.2) is 0 Å². The Labute approximate surface area is 143 Å². The van der Waals surface area contributed by atoms with E-state index in [1.807, 2.05) is 44.2 Å². The van der Waals surface area contributed by atoms with E-state index >= 15 is 0 Å². The van der Waals surface area contributed by atoms with Gasteiger partial charge in [-0.05, 0) is 37.1 Å². The molecule has 2 aromatic rings. The van der Waals surface area contributed by atoms with Gasteiger partial charge in [0.2, 0.25) is 0 Å². The normalized spacial score (nSPS) is 15.5. The SMILES string of the molecule is C[C@H](N[C@H](C)c1ccccc1)[C@H](O)c1ccc(OS(C)(=O)=O)cc1. The first-order valence-corrected chi connectivity index (χ1v) is 9.56. The van der Waals surface area contributed by atoms with Gasteiger partial charge in [-0.15, -0.1) is 0 Å². The Morgan fingerprint density at radius 2 is 1.54 bits per heavy atom. The van der Waals surface area contributed by atoms with Gasteiger partial charge in [-0.2, -0.15) is 8.42 Å². The molecule has 24 heavy (non-hydrogen) atoms. The second-order valence-electron chi connectivity index (χ2n) is 5.89. The minimum Gasteiger partial charge on any atom is -0.387 e. The van der Waals surface area contributed by atoms with E-state index in [1.54, 1.807) is 12.1 Å². The molecule has 6 heteroatoms. The smallest absolute Gasteiger partial charge is 0.306 e. The van der Waals surface area contributed by atoms with Crippen molar-refractivity contribution in [1.29, 1.82) is 0 Å². The molecule has 2 rings (SSSR count). The molecule has 0 bridgehead atoms. The number of hydrogen-bond acceptors (Lipinski definition) is 5. The zero-order chi connectivity index (χ0) is 17.7. The Bertz CT molecular complexity index is 744. The number of hydrogen-bond donors (Lipinski definition) is 2. The lowest BCUT2D eigenvalue weighted by molar-refractivity contribution is 0.130. The summed E-state index contributed by atoms with van der Waals surface area (Å²) in [6, 6.07) is 16.3. The zero-order valence-corrected chi connectivity index (χ0v) is 14.8. The van der Waals surface area contributed by atoms with Crippen LogP contribution in [0.3, 0.4) is 0 Å². The van der Waals surface area contributed by atoms with Crippen molar-refractivity contribution in [1.82, 2.24) is 5.32 Å². The Morgan fingerprint density at radius 1 is 0.958 bits per heavy atom. The van der Waals surface area contributed by atoms with Crippen molar-refractivity contribution >= 4 is 10.1 Å². The van der Waals surface area contributed by atoms with E-state index in [9.17, 15) is 13.5 Å². The van der Waals surface area contributed by atoms with Gasteiger partial charge in [-0.3, -0.25) is 0 Å². The lowest BCUT2D eigenvalue weighted by Crippen LogP contribution is -2.34. The quantitative estimate of drug-likeness (QED) is 0.752. The first kappa shape index (κ1) is 18.4. The molecule has 0 saturated carbocycles. The van der Waals surface area contributed by atoms with Crippen LogP contribution in [0.1, 0.15) is 37.1 Å². The van der Waals surface area contributed by atoms with Crippen molar-refractivity contribution < 1.29 is 17.7 Å². The number of rotatable bonds is 7. The molecule has 5 nitrogen and oxygen atoms in total. The summed E-state index contributed by atoms with van der Waals surface area (Å²) in [5.74, 6) is 0.228. The molecule has 2 N–H and O–H groups in total. The fraction of sp³-hybridized carbons (Fsp3) is 0.333. The highest BCUT2D eigenvalue weighted by atomic mass is 32.2. The minimum atomic E-state index is -3.55. The molecule has 0 aliphatic rings. The summed E-state index contributed by atoms with van der Waals surface area (Å²) in [5, 5.41) is 13.9. The van der Waals surface area contributed by atoms with E-state index in [-0.39, 0.29) is 17.8 Å². The van der Waals surface area contributed by atoms with E-state index in [2.05, 4.69) is 5.32 Å². The third-order valence-corrected chi connectivity index (χ3v) is 4.25. The first-order valence-electron chi connectivity index (χ1n) is 7.75. The molecule has 3 atom stereocenters. The van der Waals surface area contributed by atoms with Crippen LogP contribution in [0.15, 0.2) is 54.6 Å². The Balaban J connectivity index is 2.01. The van der Waals surface area contributed by atoms with Crippen molar-refractivity contribution in [3.05, 3.63) is 65.7 Å². The lowest BCUT2D eigenvalue weighted by Gasteiger charge is -2.25. The van der Waals surface area contributed by atoms with Gasteiger partial charge in [0.05, 0.1) is 12.4 Å². The van der Waals surface area contributed by atoms with E-state index < -0.39 is 16.2 Å². The van der Waals surface area contributed by atoms with Crippen LogP contribution in [0, 0.1) is 0 Å². The van der Waals surface area contributed by atoms with Crippen LogP contribution in [-0.2, 0) is 10.1 Å². The molecule has 0 aliphatic carbocycles. The van der Waals surface area contributed by atoms with Gasteiger partial charge in [-0.1, -0.05) is 42.5 Å². The average Bonchev–Trinajstić information content (AvgIpc) is 2.54. The fourth-order valence-electron chi connectivity index (χ4n) is 2.51. The van der Waals surface area contributed by atoms with Crippen LogP contribution in [-0.4, -0.2) is 25.8 Å². The van der Waals surface area contributed by atoms with Gasteiger partial charge in [0.25, 0.3) is 0 Å². The lowest BCUT2D eigenvalue weighted by atomic mass is 10.0. The van der Waals surface area contributed by atoms with E-state index in [0.29, 0.717) is 5.56 Å². The second kappa shape index (κ2) is 7.79. The van der Waals surface area contributed by atoms with Crippen LogP contribution < -0.4 is 9.50 Å².